The number of carbonyl (C=O) groups excluding carboxylic acids is 2. The van der Waals surface area contributed by atoms with Crippen molar-refractivity contribution in [3.63, 3.8) is 0 Å². The van der Waals surface area contributed by atoms with Gasteiger partial charge in [-0.05, 0) is 37.3 Å². The first kappa shape index (κ1) is 18.9. The van der Waals surface area contributed by atoms with E-state index in [1.165, 1.54) is 19.2 Å². The number of halogens is 2. The van der Waals surface area contributed by atoms with E-state index in [1.807, 2.05) is 0 Å². The van der Waals surface area contributed by atoms with Crippen LogP contribution in [0.1, 0.15) is 18.5 Å². The van der Waals surface area contributed by atoms with Crippen molar-refractivity contribution < 1.29 is 19.4 Å². The molecule has 132 valence electrons. The van der Waals surface area contributed by atoms with Crippen LogP contribution < -0.4 is 15.4 Å². The van der Waals surface area contributed by atoms with E-state index < -0.39 is 17.9 Å². The highest BCUT2D eigenvalue weighted by atomic mass is 35.5. The van der Waals surface area contributed by atoms with Crippen LogP contribution in [0.25, 0.3) is 0 Å². The Morgan fingerprint density at radius 1 is 1.16 bits per heavy atom. The second-order valence-corrected chi connectivity index (χ2v) is 5.96. The van der Waals surface area contributed by atoms with Gasteiger partial charge in [0.1, 0.15) is 11.5 Å². The number of nitrogens with one attached hydrogen (secondary N) is 2. The average Bonchev–Trinajstić information content (AvgIpc) is 2.59. The third-order valence-corrected chi connectivity index (χ3v) is 4.27. The fourth-order valence-electron chi connectivity index (χ4n) is 2.13. The molecule has 0 saturated carbocycles. The van der Waals surface area contributed by atoms with Gasteiger partial charge in [0.25, 0.3) is 0 Å². The van der Waals surface area contributed by atoms with Crippen molar-refractivity contribution in [2.45, 2.75) is 13.0 Å². The highest BCUT2D eigenvalue weighted by Crippen LogP contribution is 2.30. The minimum Gasteiger partial charge on any atom is -0.508 e. The van der Waals surface area contributed by atoms with Gasteiger partial charge < -0.3 is 20.5 Å². The summed E-state index contributed by atoms with van der Waals surface area (Å²) < 4.78 is 5.09. The van der Waals surface area contributed by atoms with Gasteiger partial charge in [0.05, 0.1) is 28.9 Å². The van der Waals surface area contributed by atoms with Crippen molar-refractivity contribution in [1.29, 1.82) is 0 Å². The van der Waals surface area contributed by atoms with Gasteiger partial charge in [0.2, 0.25) is 0 Å². The largest absolute Gasteiger partial charge is 0.508 e. The van der Waals surface area contributed by atoms with E-state index in [2.05, 4.69) is 10.6 Å². The van der Waals surface area contributed by atoms with Crippen LogP contribution in [0.3, 0.4) is 0 Å². The molecule has 0 spiro atoms. The molecule has 0 aliphatic heterocycles. The third kappa shape index (κ3) is 4.55. The van der Waals surface area contributed by atoms with Crippen LogP contribution in [-0.4, -0.2) is 24.0 Å². The summed E-state index contributed by atoms with van der Waals surface area (Å²) in [5.41, 5.74) is 0.646. The molecule has 0 radical (unpaired) electrons. The van der Waals surface area contributed by atoms with E-state index in [4.69, 9.17) is 27.9 Å². The number of hydrogen-bond donors (Lipinski definition) is 3. The highest BCUT2D eigenvalue weighted by molar-refractivity contribution is 6.45. The summed E-state index contributed by atoms with van der Waals surface area (Å²) in [6.45, 7) is 1.63. The van der Waals surface area contributed by atoms with E-state index in [9.17, 15) is 14.7 Å². The van der Waals surface area contributed by atoms with Crippen molar-refractivity contribution >= 4 is 40.7 Å². The summed E-state index contributed by atoms with van der Waals surface area (Å²) in [5, 5.41) is 15.2. The van der Waals surface area contributed by atoms with Crippen LogP contribution in [0, 0.1) is 0 Å². The zero-order chi connectivity index (χ0) is 18.6. The number of aromatic hydroxyl groups is 1. The van der Waals surface area contributed by atoms with Crippen LogP contribution >= 0.6 is 23.2 Å². The van der Waals surface area contributed by atoms with Gasteiger partial charge in [0.15, 0.2) is 0 Å². The molecule has 25 heavy (non-hydrogen) atoms. The number of phenols is 1. The summed E-state index contributed by atoms with van der Waals surface area (Å²) >= 11 is 11.8. The lowest BCUT2D eigenvalue weighted by Gasteiger charge is -2.16. The quantitative estimate of drug-likeness (QED) is 0.705. The number of benzene rings is 2. The molecule has 2 aromatic rings. The zero-order valence-corrected chi connectivity index (χ0v) is 15.0. The van der Waals surface area contributed by atoms with Crippen LogP contribution in [0.4, 0.5) is 5.69 Å². The third-order valence-electron chi connectivity index (χ3n) is 3.45. The van der Waals surface area contributed by atoms with E-state index in [0.717, 1.165) is 0 Å². The first-order valence-corrected chi connectivity index (χ1v) is 8.01. The molecule has 0 aliphatic carbocycles. The number of hydrogen-bond acceptors (Lipinski definition) is 4. The number of methoxy groups -OCH3 is 1. The molecule has 1 unspecified atom stereocenters. The Balaban J connectivity index is 2.08. The maximum Gasteiger partial charge on any atom is 0.313 e. The lowest BCUT2D eigenvalue weighted by atomic mass is 10.1. The molecule has 2 aromatic carbocycles. The first-order valence-electron chi connectivity index (χ1n) is 7.26. The molecule has 0 heterocycles. The number of ether oxygens (including phenoxy) is 1. The fourth-order valence-corrected chi connectivity index (χ4v) is 2.47. The van der Waals surface area contributed by atoms with Gasteiger partial charge in [0, 0.05) is 5.56 Å². The first-order chi connectivity index (χ1) is 11.8. The lowest BCUT2D eigenvalue weighted by molar-refractivity contribution is -0.136. The highest BCUT2D eigenvalue weighted by Gasteiger charge is 2.20. The van der Waals surface area contributed by atoms with Crippen LogP contribution in [-0.2, 0) is 9.59 Å². The second kappa shape index (κ2) is 8.09. The smallest absolute Gasteiger partial charge is 0.313 e. The van der Waals surface area contributed by atoms with Gasteiger partial charge in [-0.15, -0.1) is 0 Å². The van der Waals surface area contributed by atoms with E-state index in [-0.39, 0.29) is 21.5 Å². The minimum atomic E-state index is -0.904. The average molecular weight is 383 g/mol. The molecule has 2 amide bonds. The van der Waals surface area contributed by atoms with Crippen molar-refractivity contribution in [3.8, 4) is 11.5 Å². The van der Waals surface area contributed by atoms with E-state index in [0.29, 0.717) is 11.3 Å². The molecule has 0 aromatic heterocycles. The molecule has 1 atom stereocenters. The molecule has 8 heteroatoms. The van der Waals surface area contributed by atoms with Gasteiger partial charge in [-0.2, -0.15) is 0 Å². The normalized spacial score (nSPS) is 11.5. The topological polar surface area (TPSA) is 87.7 Å². The van der Waals surface area contributed by atoms with E-state index >= 15 is 0 Å². The summed E-state index contributed by atoms with van der Waals surface area (Å²) in [5.74, 6) is -1.29. The van der Waals surface area contributed by atoms with Gasteiger partial charge >= 0.3 is 11.8 Å². The summed E-state index contributed by atoms with van der Waals surface area (Å²) in [7, 11) is 1.49. The second-order valence-electron chi connectivity index (χ2n) is 5.18. The number of anilines is 1. The maximum atomic E-state index is 12.1. The van der Waals surface area contributed by atoms with Crippen LogP contribution in [0.15, 0.2) is 36.4 Å². The molecule has 6 nitrogen and oxygen atoms in total. The van der Waals surface area contributed by atoms with Crippen LogP contribution in [0.5, 0.6) is 11.5 Å². The monoisotopic (exact) mass is 382 g/mol. The fraction of sp³-hybridized carbons (Fsp3) is 0.176. The van der Waals surface area contributed by atoms with Crippen LogP contribution in [0.2, 0.25) is 10.0 Å². The van der Waals surface area contributed by atoms with Crippen molar-refractivity contribution in [2.24, 2.45) is 0 Å². The molecule has 0 saturated heterocycles. The predicted octanol–water partition coefficient (Wildman–Crippen LogP) is 3.52. The summed E-state index contributed by atoms with van der Waals surface area (Å²) in [6.07, 6.45) is 0. The molecule has 0 bridgehead atoms. The number of phenolic OH excluding ortho intramolecular Hbond substituents is 1. The molecule has 0 aliphatic rings. The Morgan fingerprint density at radius 2 is 1.88 bits per heavy atom. The summed E-state index contributed by atoms with van der Waals surface area (Å²) in [6, 6.07) is 8.67. The Kier molecular flexibility index (Phi) is 6.12. The number of amides is 2. The summed E-state index contributed by atoms with van der Waals surface area (Å²) in [4.78, 5) is 24.1. The van der Waals surface area contributed by atoms with Crippen molar-refractivity contribution in [3.05, 3.63) is 52.0 Å². The number of carbonyl (C=O) groups is 2. The Hall–Kier alpha value is -2.44. The zero-order valence-electron chi connectivity index (χ0n) is 13.5. The Bertz CT molecular complexity index is 811. The maximum absolute atomic E-state index is 12.1. The van der Waals surface area contributed by atoms with Gasteiger partial charge in [-0.3, -0.25) is 9.59 Å². The molecule has 0 fully saturated rings. The van der Waals surface area contributed by atoms with Gasteiger partial charge in [-0.1, -0.05) is 29.3 Å². The van der Waals surface area contributed by atoms with Crippen molar-refractivity contribution in [1.82, 2.24) is 5.32 Å². The lowest BCUT2D eigenvalue weighted by Crippen LogP contribution is -2.37. The standard InChI is InChI=1S/C17H16Cl2N2O4/c1-9(11-8-10(25-2)6-7-14(11)22)20-16(23)17(24)21-13-5-3-4-12(18)15(13)19/h3-9,22H,1-2H3,(H,20,23)(H,21,24). The Labute approximate surface area is 154 Å². The molecule has 3 N–H and O–H groups in total. The molecule has 2 rings (SSSR count). The predicted molar refractivity (Wildman–Crippen MR) is 96.3 cm³/mol. The van der Waals surface area contributed by atoms with Crippen molar-refractivity contribution in [2.75, 3.05) is 12.4 Å². The molecular formula is C17H16Cl2N2O4. The minimum absolute atomic E-state index is 0.0214. The Morgan fingerprint density at radius 3 is 2.56 bits per heavy atom. The number of rotatable bonds is 4. The molecular weight excluding hydrogens is 367 g/mol. The SMILES string of the molecule is COc1ccc(O)c(C(C)NC(=O)C(=O)Nc2cccc(Cl)c2Cl)c1. The van der Waals surface area contributed by atoms with E-state index in [1.54, 1.807) is 31.2 Å². The van der Waals surface area contributed by atoms with Gasteiger partial charge in [-0.25, -0.2) is 0 Å².